The Bertz CT molecular complexity index is 2100. The average Bonchev–Trinajstić information content (AvgIpc) is 3.41. The summed E-state index contributed by atoms with van der Waals surface area (Å²) >= 11 is 1.90. The summed E-state index contributed by atoms with van der Waals surface area (Å²) in [6.07, 6.45) is 0. The first-order chi connectivity index (χ1) is 19.8. The SMILES string of the molecule is c1ccc(N(c2ccccc2)c2ccc(-c3cc4ccccc4c4c3ccc3c5ccccc5sc34)cc2)cc1. The second-order valence-electron chi connectivity index (χ2n) is 10.2. The van der Waals surface area contributed by atoms with E-state index in [0.717, 1.165) is 17.1 Å². The molecule has 1 nitrogen and oxygen atoms in total. The van der Waals surface area contributed by atoms with Crippen molar-refractivity contribution in [3.05, 3.63) is 152 Å². The van der Waals surface area contributed by atoms with Crippen molar-refractivity contribution in [3.8, 4) is 11.1 Å². The van der Waals surface area contributed by atoms with Crippen LogP contribution in [0.15, 0.2) is 152 Å². The van der Waals surface area contributed by atoms with E-state index in [2.05, 4.69) is 157 Å². The van der Waals surface area contributed by atoms with E-state index >= 15 is 0 Å². The molecule has 7 aromatic carbocycles. The van der Waals surface area contributed by atoms with Gasteiger partial charge in [-0.1, -0.05) is 103 Å². The second kappa shape index (κ2) is 9.37. The Labute approximate surface area is 237 Å². The van der Waals surface area contributed by atoms with E-state index < -0.39 is 0 Å². The summed E-state index contributed by atoms with van der Waals surface area (Å²) in [5.74, 6) is 0. The Morgan fingerprint density at radius 3 is 1.73 bits per heavy atom. The fourth-order valence-corrected chi connectivity index (χ4v) is 7.26. The van der Waals surface area contributed by atoms with Crippen LogP contribution >= 0.6 is 11.3 Å². The summed E-state index contributed by atoms with van der Waals surface area (Å²) < 4.78 is 2.71. The summed E-state index contributed by atoms with van der Waals surface area (Å²) in [7, 11) is 0. The van der Waals surface area contributed by atoms with Crippen LogP contribution in [0.4, 0.5) is 17.1 Å². The average molecular weight is 528 g/mol. The van der Waals surface area contributed by atoms with Crippen molar-refractivity contribution in [2.45, 2.75) is 0 Å². The lowest BCUT2D eigenvalue weighted by atomic mass is 9.92. The van der Waals surface area contributed by atoms with Gasteiger partial charge in [0.1, 0.15) is 0 Å². The normalized spacial score (nSPS) is 11.5. The summed E-state index contributed by atoms with van der Waals surface area (Å²) in [5, 5.41) is 7.92. The van der Waals surface area contributed by atoms with Gasteiger partial charge in [-0.25, -0.2) is 0 Å². The van der Waals surface area contributed by atoms with E-state index in [9.17, 15) is 0 Å². The number of fused-ring (bicyclic) bond motifs is 7. The third-order valence-electron chi connectivity index (χ3n) is 7.83. The van der Waals surface area contributed by atoms with Crippen molar-refractivity contribution >= 4 is 70.1 Å². The molecule has 0 atom stereocenters. The van der Waals surface area contributed by atoms with Gasteiger partial charge in [-0.2, -0.15) is 0 Å². The molecule has 1 aromatic heterocycles. The highest BCUT2D eigenvalue weighted by Gasteiger charge is 2.16. The maximum absolute atomic E-state index is 2.36. The first-order valence-corrected chi connectivity index (χ1v) is 14.4. The van der Waals surface area contributed by atoms with Crippen LogP contribution < -0.4 is 4.90 Å². The zero-order chi connectivity index (χ0) is 26.5. The molecule has 0 aliphatic rings. The fraction of sp³-hybridized carbons (Fsp3) is 0. The molecule has 2 heteroatoms. The Balaban J connectivity index is 1.33. The lowest BCUT2D eigenvalue weighted by Crippen LogP contribution is -2.09. The standard InChI is InChI=1S/C38H25NS/c1-3-12-28(13-4-1)39(29-14-5-2-6-15-29)30-21-19-26(20-22-30)35-25-27-11-7-8-16-31(27)37-33(35)23-24-34-32-17-9-10-18-36(32)40-38(34)37/h1-25H. The number of nitrogens with zero attached hydrogens (tertiary/aromatic N) is 1. The molecule has 40 heavy (non-hydrogen) atoms. The number of hydrogen-bond acceptors (Lipinski definition) is 2. The highest BCUT2D eigenvalue weighted by atomic mass is 32.1. The molecule has 0 unspecified atom stereocenters. The van der Waals surface area contributed by atoms with Crippen LogP contribution in [0.2, 0.25) is 0 Å². The minimum absolute atomic E-state index is 1.14. The molecule has 8 rings (SSSR count). The lowest BCUT2D eigenvalue weighted by Gasteiger charge is -2.25. The molecule has 0 saturated carbocycles. The highest BCUT2D eigenvalue weighted by molar-refractivity contribution is 7.26. The number of benzene rings is 7. The van der Waals surface area contributed by atoms with Crippen LogP contribution in [0.5, 0.6) is 0 Å². The molecule has 0 aliphatic heterocycles. The van der Waals surface area contributed by atoms with Gasteiger partial charge < -0.3 is 4.90 Å². The molecule has 1 heterocycles. The molecule has 0 spiro atoms. The van der Waals surface area contributed by atoms with Crippen LogP contribution in [0, 0.1) is 0 Å². The van der Waals surface area contributed by atoms with Crippen molar-refractivity contribution in [1.82, 2.24) is 0 Å². The van der Waals surface area contributed by atoms with E-state index in [0.29, 0.717) is 0 Å². The number of para-hydroxylation sites is 2. The van der Waals surface area contributed by atoms with Crippen molar-refractivity contribution in [2.75, 3.05) is 4.90 Å². The molecule has 0 aliphatic carbocycles. The monoisotopic (exact) mass is 527 g/mol. The van der Waals surface area contributed by atoms with Gasteiger partial charge >= 0.3 is 0 Å². The summed E-state index contributed by atoms with van der Waals surface area (Å²) in [5.41, 5.74) is 5.92. The minimum Gasteiger partial charge on any atom is -0.311 e. The van der Waals surface area contributed by atoms with Crippen LogP contribution in [-0.4, -0.2) is 0 Å². The Hall–Kier alpha value is -4.92. The third kappa shape index (κ3) is 3.69. The highest BCUT2D eigenvalue weighted by Crippen LogP contribution is 2.44. The smallest absolute Gasteiger partial charge is 0.0462 e. The van der Waals surface area contributed by atoms with Gasteiger partial charge in [0, 0.05) is 42.6 Å². The van der Waals surface area contributed by atoms with Gasteiger partial charge in [-0.3, -0.25) is 0 Å². The summed E-state index contributed by atoms with van der Waals surface area (Å²) in [6, 6.07) is 54.7. The first kappa shape index (κ1) is 23.0. The second-order valence-corrected chi connectivity index (χ2v) is 11.2. The van der Waals surface area contributed by atoms with Gasteiger partial charge in [-0.05, 0) is 75.8 Å². The van der Waals surface area contributed by atoms with Gasteiger partial charge in [0.2, 0.25) is 0 Å². The van der Waals surface area contributed by atoms with Gasteiger partial charge in [0.25, 0.3) is 0 Å². The molecular weight excluding hydrogens is 502 g/mol. The molecule has 0 radical (unpaired) electrons. The maximum atomic E-state index is 2.36. The van der Waals surface area contributed by atoms with Crippen molar-refractivity contribution in [2.24, 2.45) is 0 Å². The topological polar surface area (TPSA) is 3.24 Å². The first-order valence-electron chi connectivity index (χ1n) is 13.6. The molecule has 8 aromatic rings. The molecule has 0 fully saturated rings. The zero-order valence-electron chi connectivity index (χ0n) is 21.8. The Morgan fingerprint density at radius 1 is 0.425 bits per heavy atom. The van der Waals surface area contributed by atoms with E-state index in [1.807, 2.05) is 11.3 Å². The van der Waals surface area contributed by atoms with Crippen molar-refractivity contribution in [1.29, 1.82) is 0 Å². The molecule has 0 saturated heterocycles. The quantitative estimate of drug-likeness (QED) is 0.206. The van der Waals surface area contributed by atoms with E-state index in [1.54, 1.807) is 0 Å². The van der Waals surface area contributed by atoms with Crippen LogP contribution in [0.3, 0.4) is 0 Å². The zero-order valence-corrected chi connectivity index (χ0v) is 22.6. The van der Waals surface area contributed by atoms with Crippen LogP contribution in [-0.2, 0) is 0 Å². The minimum atomic E-state index is 1.14. The summed E-state index contributed by atoms with van der Waals surface area (Å²) in [6.45, 7) is 0. The van der Waals surface area contributed by atoms with Crippen molar-refractivity contribution < 1.29 is 0 Å². The van der Waals surface area contributed by atoms with Crippen molar-refractivity contribution in [3.63, 3.8) is 0 Å². The lowest BCUT2D eigenvalue weighted by molar-refractivity contribution is 1.28. The van der Waals surface area contributed by atoms with Crippen LogP contribution in [0.25, 0.3) is 52.8 Å². The maximum Gasteiger partial charge on any atom is 0.0462 e. The third-order valence-corrected chi connectivity index (χ3v) is 9.04. The van der Waals surface area contributed by atoms with Crippen LogP contribution in [0.1, 0.15) is 0 Å². The predicted molar refractivity (Wildman–Crippen MR) is 174 cm³/mol. The van der Waals surface area contributed by atoms with E-state index in [-0.39, 0.29) is 0 Å². The largest absolute Gasteiger partial charge is 0.311 e. The Morgan fingerprint density at radius 2 is 1.00 bits per heavy atom. The fourth-order valence-electron chi connectivity index (χ4n) is 5.99. The Kier molecular flexibility index (Phi) is 5.39. The van der Waals surface area contributed by atoms with E-state index in [4.69, 9.17) is 0 Å². The molecular formula is C38H25NS. The molecule has 0 amide bonds. The molecule has 0 N–H and O–H groups in total. The number of hydrogen-bond donors (Lipinski definition) is 0. The number of rotatable bonds is 4. The number of anilines is 3. The van der Waals surface area contributed by atoms with Gasteiger partial charge in [0.05, 0.1) is 0 Å². The molecule has 188 valence electrons. The summed E-state index contributed by atoms with van der Waals surface area (Å²) in [4.78, 5) is 2.31. The van der Waals surface area contributed by atoms with Gasteiger partial charge in [-0.15, -0.1) is 11.3 Å². The predicted octanol–water partition coefficient (Wildman–Crippen LogP) is 11.5. The van der Waals surface area contributed by atoms with Gasteiger partial charge in [0.15, 0.2) is 0 Å². The van der Waals surface area contributed by atoms with E-state index in [1.165, 1.54) is 52.8 Å². The number of thiophene rings is 1. The molecule has 0 bridgehead atoms.